The maximum atomic E-state index is 11.7. The van der Waals surface area contributed by atoms with Gasteiger partial charge in [-0.15, -0.1) is 0 Å². The van der Waals surface area contributed by atoms with Crippen LogP contribution in [0.25, 0.3) is 0 Å². The van der Waals surface area contributed by atoms with Crippen LogP contribution in [-0.2, 0) is 4.74 Å². The highest BCUT2D eigenvalue weighted by Crippen LogP contribution is 2.26. The van der Waals surface area contributed by atoms with E-state index in [1.807, 2.05) is 29.2 Å². The number of ether oxygens (including phenoxy) is 1. The van der Waals surface area contributed by atoms with Gasteiger partial charge in [0.25, 0.3) is 0 Å². The monoisotopic (exact) mass is 235 g/mol. The van der Waals surface area contributed by atoms with Crippen molar-refractivity contribution >= 4 is 11.5 Å². The first-order valence-corrected chi connectivity index (χ1v) is 5.76. The number of carbonyl (C=O) groups is 1. The molecule has 0 amide bonds. The molecule has 1 aliphatic heterocycles. The lowest BCUT2D eigenvalue weighted by molar-refractivity contribution is 0.0682. The summed E-state index contributed by atoms with van der Waals surface area (Å²) in [7, 11) is 1.57. The molecule has 2 rings (SSSR count). The molecule has 1 N–H and O–H groups in total. The molecule has 92 valence electrons. The van der Waals surface area contributed by atoms with Crippen molar-refractivity contribution in [2.45, 2.75) is 12.5 Å². The lowest BCUT2D eigenvalue weighted by atomic mass is 10.0. The van der Waals surface area contributed by atoms with Crippen molar-refractivity contribution in [1.29, 1.82) is 0 Å². The zero-order valence-corrected chi connectivity index (χ0v) is 9.93. The number of hydrogen-bond acceptors (Lipinski definition) is 4. The number of anilines is 1. The summed E-state index contributed by atoms with van der Waals surface area (Å²) < 4.78 is 4.91. The van der Waals surface area contributed by atoms with Crippen molar-refractivity contribution in [1.82, 2.24) is 0 Å². The number of para-hydroxylation sites is 1. The lowest BCUT2D eigenvalue weighted by Crippen LogP contribution is -2.39. The SMILES string of the molecule is COCC(O)CN1CCC(=O)c2ccccc21. The van der Waals surface area contributed by atoms with Crippen LogP contribution >= 0.6 is 0 Å². The Kier molecular flexibility index (Phi) is 3.76. The van der Waals surface area contributed by atoms with Crippen molar-refractivity contribution < 1.29 is 14.6 Å². The number of fused-ring (bicyclic) bond motifs is 1. The van der Waals surface area contributed by atoms with E-state index in [9.17, 15) is 9.90 Å². The molecule has 4 nitrogen and oxygen atoms in total. The molecule has 1 aromatic carbocycles. The van der Waals surface area contributed by atoms with E-state index >= 15 is 0 Å². The molecule has 17 heavy (non-hydrogen) atoms. The Morgan fingerprint density at radius 1 is 1.47 bits per heavy atom. The topological polar surface area (TPSA) is 49.8 Å². The number of aliphatic hydroxyl groups excluding tert-OH is 1. The highest BCUT2D eigenvalue weighted by molar-refractivity contribution is 6.03. The van der Waals surface area contributed by atoms with E-state index in [4.69, 9.17) is 4.74 Å². The minimum absolute atomic E-state index is 0.179. The van der Waals surface area contributed by atoms with E-state index in [0.29, 0.717) is 26.1 Å². The van der Waals surface area contributed by atoms with Crippen LogP contribution in [0, 0.1) is 0 Å². The Balaban J connectivity index is 2.16. The van der Waals surface area contributed by atoms with Gasteiger partial charge in [-0.1, -0.05) is 12.1 Å². The molecule has 1 aromatic rings. The Hall–Kier alpha value is -1.39. The quantitative estimate of drug-likeness (QED) is 0.848. The minimum Gasteiger partial charge on any atom is -0.389 e. The number of ketones is 1. The van der Waals surface area contributed by atoms with Gasteiger partial charge in [-0.25, -0.2) is 0 Å². The number of aliphatic hydroxyl groups is 1. The predicted molar refractivity (Wildman–Crippen MR) is 65.5 cm³/mol. The molecule has 1 unspecified atom stereocenters. The van der Waals surface area contributed by atoms with Crippen molar-refractivity contribution in [3.63, 3.8) is 0 Å². The van der Waals surface area contributed by atoms with Gasteiger partial charge in [-0.2, -0.15) is 0 Å². The van der Waals surface area contributed by atoms with Gasteiger partial charge >= 0.3 is 0 Å². The fourth-order valence-electron chi connectivity index (χ4n) is 2.17. The summed E-state index contributed by atoms with van der Waals surface area (Å²) in [6.45, 7) is 1.47. The van der Waals surface area contributed by atoms with Crippen molar-refractivity contribution in [2.24, 2.45) is 0 Å². The maximum absolute atomic E-state index is 11.7. The van der Waals surface area contributed by atoms with Crippen LogP contribution in [-0.4, -0.2) is 43.8 Å². The van der Waals surface area contributed by atoms with Crippen LogP contribution in [0.4, 0.5) is 5.69 Å². The van der Waals surface area contributed by atoms with E-state index in [-0.39, 0.29) is 5.78 Å². The second-order valence-electron chi connectivity index (χ2n) is 4.25. The average molecular weight is 235 g/mol. The number of carbonyl (C=O) groups excluding carboxylic acids is 1. The molecule has 0 radical (unpaired) electrons. The fourth-order valence-corrected chi connectivity index (χ4v) is 2.17. The molecule has 1 atom stereocenters. The minimum atomic E-state index is -0.527. The predicted octanol–water partition coefficient (Wildman–Crippen LogP) is 1.09. The van der Waals surface area contributed by atoms with Gasteiger partial charge < -0.3 is 14.7 Å². The molecule has 1 heterocycles. The zero-order valence-electron chi connectivity index (χ0n) is 9.93. The summed E-state index contributed by atoms with van der Waals surface area (Å²) in [5.74, 6) is 0.179. The second-order valence-corrected chi connectivity index (χ2v) is 4.25. The molecule has 0 aliphatic carbocycles. The number of hydrogen-bond donors (Lipinski definition) is 1. The molecular formula is C13H17NO3. The molecule has 0 spiro atoms. The zero-order chi connectivity index (χ0) is 12.3. The van der Waals surface area contributed by atoms with E-state index in [0.717, 1.165) is 11.3 Å². The van der Waals surface area contributed by atoms with E-state index < -0.39 is 6.10 Å². The standard InChI is InChI=1S/C13H17NO3/c1-17-9-10(15)8-14-7-6-13(16)11-4-2-3-5-12(11)14/h2-5,10,15H,6-9H2,1H3. The number of rotatable bonds is 4. The number of benzene rings is 1. The van der Waals surface area contributed by atoms with Gasteiger partial charge in [0.1, 0.15) is 0 Å². The first-order valence-electron chi connectivity index (χ1n) is 5.76. The normalized spacial score (nSPS) is 16.8. The van der Waals surface area contributed by atoms with Crippen LogP contribution < -0.4 is 4.90 Å². The molecule has 0 aromatic heterocycles. The largest absolute Gasteiger partial charge is 0.389 e. The van der Waals surface area contributed by atoms with E-state index in [1.165, 1.54) is 0 Å². The Labute approximate surface area is 101 Å². The lowest BCUT2D eigenvalue weighted by Gasteiger charge is -2.31. The van der Waals surface area contributed by atoms with Crippen LogP contribution in [0.3, 0.4) is 0 Å². The molecule has 4 heteroatoms. The fraction of sp³-hybridized carbons (Fsp3) is 0.462. The van der Waals surface area contributed by atoms with Crippen LogP contribution in [0.15, 0.2) is 24.3 Å². The summed E-state index contributed by atoms with van der Waals surface area (Å²) in [4.78, 5) is 13.8. The summed E-state index contributed by atoms with van der Waals surface area (Å²) in [6, 6.07) is 7.54. The van der Waals surface area contributed by atoms with Crippen LogP contribution in [0.5, 0.6) is 0 Å². The molecule has 0 bridgehead atoms. The summed E-state index contributed by atoms with van der Waals surface area (Å²) in [5, 5.41) is 9.74. The third-order valence-electron chi connectivity index (χ3n) is 2.94. The van der Waals surface area contributed by atoms with Crippen LogP contribution in [0.2, 0.25) is 0 Å². The summed E-state index contributed by atoms with van der Waals surface area (Å²) >= 11 is 0. The molecule has 0 fully saturated rings. The highest BCUT2D eigenvalue weighted by atomic mass is 16.5. The number of nitrogens with zero attached hydrogens (tertiary/aromatic N) is 1. The van der Waals surface area contributed by atoms with Crippen LogP contribution in [0.1, 0.15) is 16.8 Å². The van der Waals surface area contributed by atoms with E-state index in [1.54, 1.807) is 7.11 Å². The molecule has 1 aliphatic rings. The van der Waals surface area contributed by atoms with Gasteiger partial charge in [-0.05, 0) is 12.1 Å². The van der Waals surface area contributed by atoms with Gasteiger partial charge in [0.2, 0.25) is 0 Å². The Morgan fingerprint density at radius 2 is 2.24 bits per heavy atom. The number of Topliss-reactive ketones (excluding diaryl/α,β-unsaturated/α-hetero) is 1. The maximum Gasteiger partial charge on any atom is 0.166 e. The number of β-amino-alcohol motifs (C(OH)–C–C–N with tert-alkyl or cyclic N) is 1. The Morgan fingerprint density at radius 3 is 3.00 bits per heavy atom. The van der Waals surface area contributed by atoms with Gasteiger partial charge in [0.05, 0.1) is 12.7 Å². The highest BCUT2D eigenvalue weighted by Gasteiger charge is 2.23. The van der Waals surface area contributed by atoms with Crippen molar-refractivity contribution in [2.75, 3.05) is 31.7 Å². The third kappa shape index (κ3) is 2.65. The van der Waals surface area contributed by atoms with Gasteiger partial charge in [0.15, 0.2) is 5.78 Å². The first kappa shape index (κ1) is 12.1. The molecular weight excluding hydrogens is 218 g/mol. The summed E-state index contributed by atoms with van der Waals surface area (Å²) in [5.41, 5.74) is 1.67. The molecule has 0 saturated heterocycles. The van der Waals surface area contributed by atoms with Crippen molar-refractivity contribution in [3.8, 4) is 0 Å². The summed E-state index contributed by atoms with van der Waals surface area (Å²) in [6.07, 6.45) is -0.0160. The molecule has 0 saturated carbocycles. The third-order valence-corrected chi connectivity index (χ3v) is 2.94. The van der Waals surface area contributed by atoms with Gasteiger partial charge in [0, 0.05) is 37.9 Å². The van der Waals surface area contributed by atoms with Crippen molar-refractivity contribution in [3.05, 3.63) is 29.8 Å². The smallest absolute Gasteiger partial charge is 0.166 e. The second kappa shape index (κ2) is 5.29. The average Bonchev–Trinajstić information content (AvgIpc) is 2.34. The first-order chi connectivity index (χ1) is 8.22. The van der Waals surface area contributed by atoms with Gasteiger partial charge in [-0.3, -0.25) is 4.79 Å². The number of methoxy groups -OCH3 is 1. The van der Waals surface area contributed by atoms with E-state index in [2.05, 4.69) is 0 Å². The Bertz CT molecular complexity index is 405.